The molecule has 0 saturated carbocycles. The third kappa shape index (κ3) is 4.49. The Kier molecular flexibility index (Phi) is 5.98. The van der Waals surface area contributed by atoms with Crippen LogP contribution < -0.4 is 10.2 Å². The Morgan fingerprint density at radius 3 is 2.76 bits per heavy atom. The first kappa shape index (κ1) is 22.0. The molecule has 5 rings (SSSR count). The number of rotatable bonds is 5. The van der Waals surface area contributed by atoms with E-state index in [4.69, 9.17) is 0 Å². The lowest BCUT2D eigenvalue weighted by molar-refractivity contribution is -0.384. The van der Waals surface area contributed by atoms with Crippen LogP contribution in [0, 0.1) is 16.0 Å². The number of benzene rings is 3. The van der Waals surface area contributed by atoms with Gasteiger partial charge in [-0.1, -0.05) is 43.3 Å². The third-order valence-electron chi connectivity index (χ3n) is 6.20. The Morgan fingerprint density at radius 2 is 1.97 bits per heavy atom. The predicted octanol–water partition coefficient (Wildman–Crippen LogP) is 6.36. The second-order valence-electron chi connectivity index (χ2n) is 8.71. The van der Waals surface area contributed by atoms with Gasteiger partial charge in [-0.3, -0.25) is 20.2 Å². The standard InChI is InChI=1S/C26H24N4O3S/c1-17-5-4-12-29(15-17)23-11-10-21(14-24(23)30(32)33)25(31)28-26-27-22(16-34-26)20-9-8-18-6-2-3-7-19(18)13-20/h2-3,6-11,13-14,16-17H,4-5,12,15H2,1H3,(H,27,28,31)/t17-/m0/s1. The molecule has 1 saturated heterocycles. The van der Waals surface area contributed by atoms with Gasteiger partial charge in [0.15, 0.2) is 5.13 Å². The summed E-state index contributed by atoms with van der Waals surface area (Å²) in [6, 6.07) is 18.9. The molecule has 2 heterocycles. The van der Waals surface area contributed by atoms with E-state index in [1.807, 2.05) is 34.5 Å². The van der Waals surface area contributed by atoms with Crippen LogP contribution in [-0.4, -0.2) is 28.9 Å². The molecule has 1 aromatic heterocycles. The molecule has 1 amide bonds. The Bertz CT molecular complexity index is 1380. The van der Waals surface area contributed by atoms with Crippen LogP contribution in [0.25, 0.3) is 22.0 Å². The van der Waals surface area contributed by atoms with Gasteiger partial charge in [-0.25, -0.2) is 4.98 Å². The molecule has 0 bridgehead atoms. The molecule has 0 spiro atoms. The van der Waals surface area contributed by atoms with E-state index in [0.29, 0.717) is 16.7 Å². The van der Waals surface area contributed by atoms with Crippen molar-refractivity contribution in [2.24, 2.45) is 5.92 Å². The second kappa shape index (κ2) is 9.23. The number of nitrogens with one attached hydrogen (secondary N) is 1. The first-order valence-electron chi connectivity index (χ1n) is 11.3. The first-order chi connectivity index (χ1) is 16.5. The van der Waals surface area contributed by atoms with E-state index in [1.54, 1.807) is 12.1 Å². The molecule has 1 N–H and O–H groups in total. The zero-order chi connectivity index (χ0) is 23.7. The number of piperidine rings is 1. The molecule has 1 aliphatic rings. The van der Waals surface area contributed by atoms with E-state index in [-0.39, 0.29) is 11.3 Å². The largest absolute Gasteiger partial charge is 0.366 e. The van der Waals surface area contributed by atoms with Crippen molar-refractivity contribution in [3.05, 3.63) is 81.7 Å². The molecule has 172 valence electrons. The van der Waals surface area contributed by atoms with Crippen LogP contribution in [0.2, 0.25) is 0 Å². The van der Waals surface area contributed by atoms with Crippen molar-refractivity contribution in [1.82, 2.24) is 4.98 Å². The van der Waals surface area contributed by atoms with Crippen LogP contribution in [0.15, 0.2) is 66.0 Å². The van der Waals surface area contributed by atoms with E-state index in [1.165, 1.54) is 17.4 Å². The molecule has 34 heavy (non-hydrogen) atoms. The topological polar surface area (TPSA) is 88.4 Å². The van der Waals surface area contributed by atoms with Crippen molar-refractivity contribution < 1.29 is 9.72 Å². The number of carbonyl (C=O) groups is 1. The number of fused-ring (bicyclic) bond motifs is 1. The minimum atomic E-state index is -0.416. The smallest absolute Gasteiger partial charge is 0.293 e. The van der Waals surface area contributed by atoms with Gasteiger partial charge < -0.3 is 4.90 Å². The summed E-state index contributed by atoms with van der Waals surface area (Å²) >= 11 is 1.32. The van der Waals surface area contributed by atoms with E-state index in [9.17, 15) is 14.9 Å². The Morgan fingerprint density at radius 1 is 1.15 bits per heavy atom. The van der Waals surface area contributed by atoms with Gasteiger partial charge in [0.05, 0.1) is 10.6 Å². The summed E-state index contributed by atoms with van der Waals surface area (Å²) in [7, 11) is 0. The normalized spacial score (nSPS) is 15.9. The fraction of sp³-hybridized carbons (Fsp3) is 0.231. The molecule has 7 nitrogen and oxygen atoms in total. The Hall–Kier alpha value is -3.78. The number of thiazole rings is 1. The molecule has 1 fully saturated rings. The molecule has 4 aromatic rings. The average molecular weight is 473 g/mol. The van der Waals surface area contributed by atoms with Gasteiger partial charge in [0, 0.05) is 35.7 Å². The lowest BCUT2D eigenvalue weighted by Gasteiger charge is -2.32. The van der Waals surface area contributed by atoms with Crippen molar-refractivity contribution in [3.63, 3.8) is 0 Å². The maximum atomic E-state index is 12.9. The number of nitro groups is 1. The van der Waals surface area contributed by atoms with Crippen LogP contribution in [0.1, 0.15) is 30.1 Å². The zero-order valence-corrected chi connectivity index (χ0v) is 19.5. The van der Waals surface area contributed by atoms with Crippen molar-refractivity contribution in [2.75, 3.05) is 23.3 Å². The van der Waals surface area contributed by atoms with Crippen LogP contribution >= 0.6 is 11.3 Å². The molecule has 1 atom stereocenters. The van der Waals surface area contributed by atoms with Gasteiger partial charge in [-0.15, -0.1) is 11.3 Å². The number of hydrogen-bond acceptors (Lipinski definition) is 6. The van der Waals surface area contributed by atoms with Crippen LogP contribution in [-0.2, 0) is 0 Å². The molecular weight excluding hydrogens is 448 g/mol. The number of aromatic nitrogens is 1. The fourth-order valence-electron chi connectivity index (χ4n) is 4.47. The van der Waals surface area contributed by atoms with Gasteiger partial charge in [0.25, 0.3) is 11.6 Å². The summed E-state index contributed by atoms with van der Waals surface area (Å²) in [5, 5.41) is 19.2. The van der Waals surface area contributed by atoms with E-state index < -0.39 is 10.8 Å². The molecule has 0 aliphatic carbocycles. The highest BCUT2D eigenvalue weighted by atomic mass is 32.1. The Labute approximate surface area is 201 Å². The maximum Gasteiger partial charge on any atom is 0.293 e. The van der Waals surface area contributed by atoms with Gasteiger partial charge in [0.2, 0.25) is 0 Å². The molecule has 3 aromatic carbocycles. The summed E-state index contributed by atoms with van der Waals surface area (Å²) in [4.78, 5) is 30.8. The average Bonchev–Trinajstić information content (AvgIpc) is 3.31. The number of amides is 1. The summed E-state index contributed by atoms with van der Waals surface area (Å²) in [5.74, 6) is 0.0686. The number of carbonyl (C=O) groups excluding carboxylic acids is 1. The number of anilines is 2. The molecule has 1 aliphatic heterocycles. The van der Waals surface area contributed by atoms with Crippen LogP contribution in [0.5, 0.6) is 0 Å². The highest BCUT2D eigenvalue weighted by Crippen LogP contribution is 2.33. The molecule has 0 radical (unpaired) electrons. The van der Waals surface area contributed by atoms with Crippen molar-refractivity contribution >= 4 is 44.5 Å². The van der Waals surface area contributed by atoms with Gasteiger partial charge >= 0.3 is 0 Å². The van der Waals surface area contributed by atoms with Crippen molar-refractivity contribution in [1.29, 1.82) is 0 Å². The van der Waals surface area contributed by atoms with E-state index >= 15 is 0 Å². The monoisotopic (exact) mass is 472 g/mol. The summed E-state index contributed by atoms with van der Waals surface area (Å²) in [5.41, 5.74) is 2.50. The highest BCUT2D eigenvalue weighted by molar-refractivity contribution is 7.14. The number of nitrogens with zero attached hydrogens (tertiary/aromatic N) is 3. The lowest BCUT2D eigenvalue weighted by atomic mass is 9.99. The summed E-state index contributed by atoms with van der Waals surface area (Å²) in [6.45, 7) is 3.72. The number of hydrogen-bond donors (Lipinski definition) is 1. The van der Waals surface area contributed by atoms with Crippen molar-refractivity contribution in [2.45, 2.75) is 19.8 Å². The minimum Gasteiger partial charge on any atom is -0.366 e. The zero-order valence-electron chi connectivity index (χ0n) is 18.7. The maximum absolute atomic E-state index is 12.9. The predicted molar refractivity (Wildman–Crippen MR) is 137 cm³/mol. The van der Waals surface area contributed by atoms with Gasteiger partial charge in [-0.2, -0.15) is 0 Å². The van der Waals surface area contributed by atoms with Gasteiger partial charge in [0.1, 0.15) is 5.69 Å². The lowest BCUT2D eigenvalue weighted by Crippen LogP contribution is -2.34. The first-order valence-corrected chi connectivity index (χ1v) is 12.2. The number of nitro benzene ring substituents is 1. The molecule has 0 unspecified atom stereocenters. The molecule has 8 heteroatoms. The van der Waals surface area contributed by atoms with Crippen LogP contribution in [0.4, 0.5) is 16.5 Å². The van der Waals surface area contributed by atoms with Crippen molar-refractivity contribution in [3.8, 4) is 11.3 Å². The molecular formula is C26H24N4O3S. The quantitative estimate of drug-likeness (QED) is 0.270. The fourth-order valence-corrected chi connectivity index (χ4v) is 5.18. The van der Waals surface area contributed by atoms with E-state index in [0.717, 1.165) is 48.0 Å². The van der Waals surface area contributed by atoms with E-state index in [2.05, 4.69) is 35.4 Å². The summed E-state index contributed by atoms with van der Waals surface area (Å²) in [6.07, 6.45) is 2.13. The highest BCUT2D eigenvalue weighted by Gasteiger charge is 2.25. The van der Waals surface area contributed by atoms with Gasteiger partial charge in [-0.05, 0) is 47.7 Å². The van der Waals surface area contributed by atoms with Crippen LogP contribution in [0.3, 0.4) is 0 Å². The minimum absolute atomic E-state index is 0.0438. The SMILES string of the molecule is C[C@H]1CCCN(c2ccc(C(=O)Nc3nc(-c4ccc5ccccc5c4)cs3)cc2[N+](=O)[O-])C1. The third-order valence-corrected chi connectivity index (χ3v) is 6.96. The Balaban J connectivity index is 1.35. The second-order valence-corrected chi connectivity index (χ2v) is 9.57. The summed E-state index contributed by atoms with van der Waals surface area (Å²) < 4.78 is 0.